The van der Waals surface area contributed by atoms with Crippen molar-refractivity contribution in [2.45, 2.75) is 13.3 Å². The molecule has 0 bridgehead atoms. The van der Waals surface area contributed by atoms with Crippen LogP contribution >= 0.6 is 0 Å². The van der Waals surface area contributed by atoms with E-state index in [4.69, 9.17) is 15.0 Å². The molecule has 0 aliphatic rings. The number of benzene rings is 1. The number of Topliss-reactive ketones (excluding diaryl/α,β-unsaturated/α-hetero) is 1. The Balaban J connectivity index is 2.65. The fraction of sp³-hybridized carbons (Fsp3) is 0.417. The zero-order valence-electron chi connectivity index (χ0n) is 10.4. The van der Waals surface area contributed by atoms with Crippen molar-refractivity contribution in [2.24, 2.45) is 5.11 Å². The van der Waals surface area contributed by atoms with Crippen LogP contribution in [0.2, 0.25) is 0 Å². The highest BCUT2D eigenvalue weighted by atomic mass is 16.5. The summed E-state index contributed by atoms with van der Waals surface area (Å²) in [6, 6.07) is 5.03. The highest BCUT2D eigenvalue weighted by Crippen LogP contribution is 2.28. The van der Waals surface area contributed by atoms with E-state index in [2.05, 4.69) is 10.0 Å². The van der Waals surface area contributed by atoms with Crippen LogP contribution in [0.25, 0.3) is 10.4 Å². The molecule has 6 nitrogen and oxygen atoms in total. The quantitative estimate of drug-likeness (QED) is 0.245. The van der Waals surface area contributed by atoms with Gasteiger partial charge in [-0.2, -0.15) is 0 Å². The van der Waals surface area contributed by atoms with Gasteiger partial charge >= 0.3 is 0 Å². The predicted molar refractivity (Wildman–Crippen MR) is 67.1 cm³/mol. The van der Waals surface area contributed by atoms with Gasteiger partial charge < -0.3 is 9.47 Å². The van der Waals surface area contributed by atoms with Crippen LogP contribution in [-0.2, 0) is 0 Å². The Labute approximate surface area is 105 Å². The molecular formula is C12H15N3O3. The van der Waals surface area contributed by atoms with E-state index in [-0.39, 0.29) is 5.78 Å². The first-order valence-electron chi connectivity index (χ1n) is 5.51. The fourth-order valence-electron chi connectivity index (χ4n) is 1.37. The van der Waals surface area contributed by atoms with Crippen LogP contribution < -0.4 is 9.47 Å². The predicted octanol–water partition coefficient (Wildman–Crippen LogP) is 2.98. The molecule has 0 heterocycles. The van der Waals surface area contributed by atoms with Gasteiger partial charge in [-0.1, -0.05) is 5.11 Å². The zero-order valence-corrected chi connectivity index (χ0v) is 10.4. The monoisotopic (exact) mass is 249 g/mol. The molecule has 18 heavy (non-hydrogen) atoms. The average Bonchev–Trinajstić information content (AvgIpc) is 2.38. The van der Waals surface area contributed by atoms with Crippen LogP contribution in [0.5, 0.6) is 11.5 Å². The fourth-order valence-corrected chi connectivity index (χ4v) is 1.37. The van der Waals surface area contributed by atoms with Crippen molar-refractivity contribution in [1.82, 2.24) is 0 Å². The molecule has 0 saturated heterocycles. The number of ether oxygens (including phenoxy) is 2. The van der Waals surface area contributed by atoms with Crippen molar-refractivity contribution in [1.29, 1.82) is 0 Å². The third-order valence-corrected chi connectivity index (χ3v) is 2.29. The number of rotatable bonds is 7. The average molecular weight is 249 g/mol. The topological polar surface area (TPSA) is 84.3 Å². The van der Waals surface area contributed by atoms with Crippen molar-refractivity contribution in [3.8, 4) is 11.5 Å². The van der Waals surface area contributed by atoms with Crippen molar-refractivity contribution < 1.29 is 14.3 Å². The van der Waals surface area contributed by atoms with Crippen LogP contribution in [0.15, 0.2) is 23.3 Å². The van der Waals surface area contributed by atoms with E-state index in [1.807, 2.05) is 0 Å². The number of methoxy groups -OCH3 is 1. The molecule has 0 radical (unpaired) electrons. The van der Waals surface area contributed by atoms with Crippen LogP contribution in [0.3, 0.4) is 0 Å². The summed E-state index contributed by atoms with van der Waals surface area (Å²) in [6.45, 7) is 2.31. The Hall–Kier alpha value is -2.20. The molecule has 1 aromatic carbocycles. The Bertz CT molecular complexity index is 468. The summed E-state index contributed by atoms with van der Waals surface area (Å²) in [5, 5.41) is 3.41. The minimum absolute atomic E-state index is 0.0248. The lowest BCUT2D eigenvalue weighted by Gasteiger charge is -2.10. The lowest BCUT2D eigenvalue weighted by Crippen LogP contribution is -2.02. The second kappa shape index (κ2) is 7.19. The largest absolute Gasteiger partial charge is 0.493 e. The van der Waals surface area contributed by atoms with Gasteiger partial charge in [0.05, 0.1) is 13.7 Å². The number of carbonyl (C=O) groups excluding carboxylic acids is 1. The molecule has 1 rings (SSSR count). The number of ketones is 1. The molecule has 0 fully saturated rings. The summed E-state index contributed by atoms with van der Waals surface area (Å²) in [5.74, 6) is 1.07. The first kappa shape index (κ1) is 13.9. The molecule has 0 amide bonds. The molecule has 96 valence electrons. The maximum atomic E-state index is 11.2. The zero-order chi connectivity index (χ0) is 13.4. The minimum atomic E-state index is -0.0248. The van der Waals surface area contributed by atoms with Crippen molar-refractivity contribution in [3.63, 3.8) is 0 Å². The molecule has 0 unspecified atom stereocenters. The molecule has 0 spiro atoms. The Morgan fingerprint density at radius 3 is 2.83 bits per heavy atom. The molecule has 0 aliphatic carbocycles. The molecule has 0 aromatic heterocycles. The van der Waals surface area contributed by atoms with Gasteiger partial charge in [-0.3, -0.25) is 4.79 Å². The van der Waals surface area contributed by atoms with E-state index in [9.17, 15) is 4.79 Å². The van der Waals surface area contributed by atoms with E-state index >= 15 is 0 Å². The second-order valence-corrected chi connectivity index (χ2v) is 3.58. The lowest BCUT2D eigenvalue weighted by molar-refractivity contribution is 0.101. The van der Waals surface area contributed by atoms with E-state index < -0.39 is 0 Å². The van der Waals surface area contributed by atoms with Crippen LogP contribution in [0.4, 0.5) is 0 Å². The first-order valence-corrected chi connectivity index (χ1v) is 5.51. The molecule has 0 N–H and O–H groups in total. The smallest absolute Gasteiger partial charge is 0.161 e. The third kappa shape index (κ3) is 3.99. The van der Waals surface area contributed by atoms with Gasteiger partial charge in [0.25, 0.3) is 0 Å². The highest BCUT2D eigenvalue weighted by molar-refractivity contribution is 5.94. The van der Waals surface area contributed by atoms with Gasteiger partial charge in [0.15, 0.2) is 17.3 Å². The first-order chi connectivity index (χ1) is 8.69. The van der Waals surface area contributed by atoms with E-state index in [1.54, 1.807) is 18.2 Å². The van der Waals surface area contributed by atoms with Crippen LogP contribution in [0, 0.1) is 0 Å². The molecule has 0 atom stereocenters. The maximum Gasteiger partial charge on any atom is 0.161 e. The minimum Gasteiger partial charge on any atom is -0.493 e. The van der Waals surface area contributed by atoms with Gasteiger partial charge in [-0.05, 0) is 37.1 Å². The van der Waals surface area contributed by atoms with Crippen molar-refractivity contribution in [3.05, 3.63) is 34.2 Å². The number of carbonyl (C=O) groups is 1. The Morgan fingerprint density at radius 1 is 1.44 bits per heavy atom. The van der Waals surface area contributed by atoms with Crippen LogP contribution in [-0.4, -0.2) is 26.0 Å². The SMILES string of the molecule is COc1cc(C(C)=O)ccc1OCCCN=[N+]=[N-]. The van der Waals surface area contributed by atoms with Gasteiger partial charge in [0.2, 0.25) is 0 Å². The van der Waals surface area contributed by atoms with Crippen molar-refractivity contribution >= 4 is 5.78 Å². The van der Waals surface area contributed by atoms with E-state index in [1.165, 1.54) is 14.0 Å². The van der Waals surface area contributed by atoms with Crippen LogP contribution in [0.1, 0.15) is 23.7 Å². The standard InChI is InChI=1S/C12H15N3O3/c1-9(16)10-4-5-11(12(8-10)17-2)18-7-3-6-14-15-13/h4-5,8H,3,6-7H2,1-2H3. The number of hydrogen-bond acceptors (Lipinski definition) is 4. The van der Waals surface area contributed by atoms with Gasteiger partial charge in [-0.25, -0.2) is 0 Å². The summed E-state index contributed by atoms with van der Waals surface area (Å²) in [7, 11) is 1.52. The second-order valence-electron chi connectivity index (χ2n) is 3.58. The summed E-state index contributed by atoms with van der Waals surface area (Å²) in [4.78, 5) is 13.9. The van der Waals surface area contributed by atoms with Gasteiger partial charge in [-0.15, -0.1) is 0 Å². The lowest BCUT2D eigenvalue weighted by atomic mass is 10.1. The molecule has 1 aromatic rings. The third-order valence-electron chi connectivity index (χ3n) is 2.29. The van der Waals surface area contributed by atoms with E-state index in [0.29, 0.717) is 36.6 Å². The van der Waals surface area contributed by atoms with Gasteiger partial charge in [0.1, 0.15) is 0 Å². The number of hydrogen-bond donors (Lipinski definition) is 0. The number of nitrogens with zero attached hydrogens (tertiary/aromatic N) is 3. The summed E-state index contributed by atoms with van der Waals surface area (Å²) >= 11 is 0. The molecule has 0 saturated carbocycles. The van der Waals surface area contributed by atoms with Crippen molar-refractivity contribution in [2.75, 3.05) is 20.3 Å². The Kier molecular flexibility index (Phi) is 5.54. The summed E-state index contributed by atoms with van der Waals surface area (Å²) in [5.41, 5.74) is 8.69. The summed E-state index contributed by atoms with van der Waals surface area (Å²) < 4.78 is 10.6. The Morgan fingerprint density at radius 2 is 2.22 bits per heavy atom. The highest BCUT2D eigenvalue weighted by Gasteiger charge is 2.07. The number of azide groups is 1. The van der Waals surface area contributed by atoms with Gasteiger partial charge in [0, 0.05) is 17.0 Å². The normalized spacial score (nSPS) is 9.44. The molecule has 6 heteroatoms. The van der Waals surface area contributed by atoms with E-state index in [0.717, 1.165) is 0 Å². The molecular weight excluding hydrogens is 234 g/mol. The maximum absolute atomic E-state index is 11.2. The molecule has 0 aliphatic heterocycles. The summed E-state index contributed by atoms with van der Waals surface area (Å²) in [6.07, 6.45) is 0.627.